The number of carbonyl (C=O) groups is 1. The van der Waals surface area contributed by atoms with Crippen molar-refractivity contribution in [3.8, 4) is 0 Å². The number of aromatic amines is 1. The van der Waals surface area contributed by atoms with Gasteiger partial charge < -0.3 is 10.3 Å². The van der Waals surface area contributed by atoms with E-state index in [1.165, 1.54) is 0 Å². The highest BCUT2D eigenvalue weighted by Gasteiger charge is 2.09. The largest absolute Gasteiger partial charge is 0.351 e. The second-order valence-corrected chi connectivity index (χ2v) is 5.10. The van der Waals surface area contributed by atoms with Gasteiger partial charge in [0.25, 0.3) is 5.91 Å². The van der Waals surface area contributed by atoms with Crippen LogP contribution in [0.5, 0.6) is 0 Å². The van der Waals surface area contributed by atoms with Gasteiger partial charge in [-0.05, 0) is 49.2 Å². The Morgan fingerprint density at radius 3 is 2.40 bits per heavy atom. The molecule has 1 heterocycles. The van der Waals surface area contributed by atoms with E-state index >= 15 is 0 Å². The maximum absolute atomic E-state index is 12.3. The van der Waals surface area contributed by atoms with Gasteiger partial charge in [-0.1, -0.05) is 24.3 Å². The summed E-state index contributed by atoms with van der Waals surface area (Å²) in [5.74, 6) is -0.119. The maximum atomic E-state index is 12.3. The SMILES string of the molecule is Cc1cc(C)cc(NC(=O)c2cc3ccccc3[nH]2)c1. The normalized spacial score (nSPS) is 10.7. The van der Waals surface area contributed by atoms with E-state index in [0.29, 0.717) is 5.69 Å². The first kappa shape index (κ1) is 12.5. The summed E-state index contributed by atoms with van der Waals surface area (Å²) in [7, 11) is 0. The van der Waals surface area contributed by atoms with Crippen LogP contribution in [-0.4, -0.2) is 10.9 Å². The Hall–Kier alpha value is -2.55. The molecule has 1 amide bonds. The minimum Gasteiger partial charge on any atom is -0.351 e. The van der Waals surface area contributed by atoms with Gasteiger partial charge in [-0.3, -0.25) is 4.79 Å². The number of carbonyl (C=O) groups excluding carboxylic acids is 1. The summed E-state index contributed by atoms with van der Waals surface area (Å²) >= 11 is 0. The van der Waals surface area contributed by atoms with E-state index in [1.54, 1.807) is 0 Å². The van der Waals surface area contributed by atoms with E-state index in [0.717, 1.165) is 27.7 Å². The van der Waals surface area contributed by atoms with Gasteiger partial charge in [0.15, 0.2) is 0 Å². The molecule has 3 aromatic rings. The number of aromatic nitrogens is 1. The molecule has 2 N–H and O–H groups in total. The molecule has 0 saturated heterocycles. The lowest BCUT2D eigenvalue weighted by Gasteiger charge is -2.06. The van der Waals surface area contributed by atoms with Crippen LogP contribution in [0.3, 0.4) is 0 Å². The van der Waals surface area contributed by atoms with Crippen LogP contribution in [0.1, 0.15) is 21.6 Å². The van der Waals surface area contributed by atoms with E-state index in [9.17, 15) is 4.79 Å². The van der Waals surface area contributed by atoms with Crippen LogP contribution in [0.2, 0.25) is 0 Å². The van der Waals surface area contributed by atoms with Crippen LogP contribution < -0.4 is 5.32 Å². The van der Waals surface area contributed by atoms with Gasteiger partial charge in [-0.25, -0.2) is 0 Å². The van der Waals surface area contributed by atoms with Crippen molar-refractivity contribution in [3.63, 3.8) is 0 Å². The van der Waals surface area contributed by atoms with Crippen molar-refractivity contribution >= 4 is 22.5 Å². The first-order valence-electron chi connectivity index (χ1n) is 6.59. The third kappa shape index (κ3) is 2.43. The Balaban J connectivity index is 1.88. The number of hydrogen-bond acceptors (Lipinski definition) is 1. The highest BCUT2D eigenvalue weighted by Crippen LogP contribution is 2.18. The monoisotopic (exact) mass is 264 g/mol. The summed E-state index contributed by atoms with van der Waals surface area (Å²) in [6.45, 7) is 4.04. The number of rotatable bonds is 2. The van der Waals surface area contributed by atoms with E-state index in [2.05, 4.69) is 16.4 Å². The molecule has 3 rings (SSSR count). The number of aryl methyl sites for hydroxylation is 2. The molecule has 20 heavy (non-hydrogen) atoms. The number of H-pyrrole nitrogens is 1. The van der Waals surface area contributed by atoms with Crippen LogP contribution in [0.15, 0.2) is 48.5 Å². The van der Waals surface area contributed by atoms with Crippen molar-refractivity contribution in [2.24, 2.45) is 0 Å². The quantitative estimate of drug-likeness (QED) is 0.721. The topological polar surface area (TPSA) is 44.9 Å². The summed E-state index contributed by atoms with van der Waals surface area (Å²) in [5, 5.41) is 3.97. The van der Waals surface area contributed by atoms with E-state index in [1.807, 2.05) is 56.3 Å². The zero-order valence-electron chi connectivity index (χ0n) is 11.5. The van der Waals surface area contributed by atoms with E-state index < -0.39 is 0 Å². The Kier molecular flexibility index (Phi) is 3.03. The van der Waals surface area contributed by atoms with Crippen molar-refractivity contribution < 1.29 is 4.79 Å². The number of benzene rings is 2. The smallest absolute Gasteiger partial charge is 0.272 e. The predicted molar refractivity (Wildman–Crippen MR) is 82.2 cm³/mol. The van der Waals surface area contributed by atoms with Crippen LogP contribution in [0, 0.1) is 13.8 Å². The fraction of sp³-hybridized carbons (Fsp3) is 0.118. The fourth-order valence-corrected chi connectivity index (χ4v) is 2.44. The van der Waals surface area contributed by atoms with Crippen LogP contribution in [0.4, 0.5) is 5.69 Å². The highest BCUT2D eigenvalue weighted by molar-refractivity contribution is 6.05. The Morgan fingerprint density at radius 1 is 1.00 bits per heavy atom. The number of anilines is 1. The molecule has 3 nitrogen and oxygen atoms in total. The van der Waals surface area contributed by atoms with Crippen LogP contribution >= 0.6 is 0 Å². The first-order chi connectivity index (χ1) is 9.61. The van der Waals surface area contributed by atoms with E-state index in [4.69, 9.17) is 0 Å². The molecule has 100 valence electrons. The average molecular weight is 264 g/mol. The molecule has 0 saturated carbocycles. The molecule has 0 unspecified atom stereocenters. The van der Waals surface area contributed by atoms with Gasteiger partial charge in [0.1, 0.15) is 5.69 Å². The van der Waals surface area contributed by atoms with Gasteiger partial charge in [0.2, 0.25) is 0 Å². The molecule has 0 spiro atoms. The maximum Gasteiger partial charge on any atom is 0.272 e. The van der Waals surface area contributed by atoms with Crippen LogP contribution in [-0.2, 0) is 0 Å². The standard InChI is InChI=1S/C17H16N2O/c1-11-7-12(2)9-14(8-11)18-17(20)16-10-13-5-3-4-6-15(13)19-16/h3-10,19H,1-2H3,(H,18,20). The molecule has 0 atom stereocenters. The molecule has 0 bridgehead atoms. The van der Waals surface area contributed by atoms with Gasteiger partial charge >= 0.3 is 0 Å². The Labute approximate surface area is 117 Å². The lowest BCUT2D eigenvalue weighted by Crippen LogP contribution is -2.12. The molecular weight excluding hydrogens is 248 g/mol. The first-order valence-corrected chi connectivity index (χ1v) is 6.59. The number of hydrogen-bond donors (Lipinski definition) is 2. The van der Waals surface area contributed by atoms with Crippen molar-refractivity contribution in [2.45, 2.75) is 13.8 Å². The summed E-state index contributed by atoms with van der Waals surface area (Å²) in [6.07, 6.45) is 0. The molecule has 1 aromatic heterocycles. The Morgan fingerprint density at radius 2 is 1.70 bits per heavy atom. The molecular formula is C17H16N2O. The highest BCUT2D eigenvalue weighted by atomic mass is 16.1. The number of para-hydroxylation sites is 1. The van der Waals surface area contributed by atoms with Crippen molar-refractivity contribution in [3.05, 3.63) is 65.4 Å². The number of fused-ring (bicyclic) bond motifs is 1. The van der Waals surface area contributed by atoms with Crippen molar-refractivity contribution in [1.29, 1.82) is 0 Å². The molecule has 0 aliphatic heterocycles. The fourth-order valence-electron chi connectivity index (χ4n) is 2.44. The Bertz CT molecular complexity index is 733. The minimum atomic E-state index is -0.119. The predicted octanol–water partition coefficient (Wildman–Crippen LogP) is 4.04. The lowest BCUT2D eigenvalue weighted by molar-refractivity contribution is 0.102. The zero-order chi connectivity index (χ0) is 14.1. The molecule has 0 radical (unpaired) electrons. The third-order valence-electron chi connectivity index (χ3n) is 3.25. The molecule has 3 heteroatoms. The third-order valence-corrected chi connectivity index (χ3v) is 3.25. The number of amides is 1. The van der Waals surface area contributed by atoms with E-state index in [-0.39, 0.29) is 5.91 Å². The van der Waals surface area contributed by atoms with Gasteiger partial charge in [0, 0.05) is 16.6 Å². The molecule has 2 aromatic carbocycles. The van der Waals surface area contributed by atoms with Crippen molar-refractivity contribution in [1.82, 2.24) is 4.98 Å². The van der Waals surface area contributed by atoms with Gasteiger partial charge in [-0.2, -0.15) is 0 Å². The minimum absolute atomic E-state index is 0.119. The molecule has 0 aliphatic rings. The molecule has 0 fully saturated rings. The summed E-state index contributed by atoms with van der Waals surface area (Å²) in [6, 6.07) is 15.7. The summed E-state index contributed by atoms with van der Waals surface area (Å²) < 4.78 is 0. The van der Waals surface area contributed by atoms with Crippen LogP contribution in [0.25, 0.3) is 10.9 Å². The average Bonchev–Trinajstić information content (AvgIpc) is 2.81. The second kappa shape index (κ2) is 4.85. The second-order valence-electron chi connectivity index (χ2n) is 5.10. The lowest BCUT2D eigenvalue weighted by atomic mass is 10.1. The summed E-state index contributed by atoms with van der Waals surface area (Å²) in [4.78, 5) is 15.4. The number of nitrogens with one attached hydrogen (secondary N) is 2. The van der Waals surface area contributed by atoms with Gasteiger partial charge in [-0.15, -0.1) is 0 Å². The summed E-state index contributed by atoms with van der Waals surface area (Å²) in [5.41, 5.74) is 4.64. The molecule has 0 aliphatic carbocycles. The van der Waals surface area contributed by atoms with Gasteiger partial charge in [0.05, 0.1) is 0 Å². The zero-order valence-corrected chi connectivity index (χ0v) is 11.5. The van der Waals surface area contributed by atoms with Crippen molar-refractivity contribution in [2.75, 3.05) is 5.32 Å².